The highest BCUT2D eigenvalue weighted by atomic mass is 35.5. The van der Waals surface area contributed by atoms with E-state index in [-0.39, 0.29) is 40.1 Å². The van der Waals surface area contributed by atoms with Gasteiger partial charge in [0.2, 0.25) is 0 Å². The van der Waals surface area contributed by atoms with Crippen LogP contribution in [0.5, 0.6) is 17.2 Å². The molecule has 0 amide bonds. The number of aryl methyl sites for hydroxylation is 1. The summed E-state index contributed by atoms with van der Waals surface area (Å²) >= 11 is 6.42. The summed E-state index contributed by atoms with van der Waals surface area (Å²) in [5.74, 6) is -1.58. The quantitative estimate of drug-likeness (QED) is 0.456. The number of benzene rings is 2. The molecule has 166 valence electrons. The first kappa shape index (κ1) is 21.6. The second kappa shape index (κ2) is 8.51. The molecular weight excluding hydrogens is 444 g/mol. The van der Waals surface area contributed by atoms with Gasteiger partial charge < -0.3 is 19.2 Å². The number of ether oxygens (including phenoxy) is 3. The van der Waals surface area contributed by atoms with E-state index >= 15 is 0 Å². The number of nitrogens with one attached hydrogen (secondary N) is 1. The number of H-pyrrole nitrogens is 1. The average molecular weight is 462 g/mol. The maximum Gasteiger partial charge on any atom is 0.332 e. The standard InChI is InChI=1S/C22H18ClF2N3O4/c1-11-6-15-21(26-9-11)28(22(29)27-15)16-8-19(18(31-3)7-13(16)23)32-10-12-17(30-2)5-4-14(24)20(12)25/h4-9H,10H2,1-3H3,(H,27,29). The van der Waals surface area contributed by atoms with Crippen LogP contribution < -0.4 is 19.9 Å². The lowest BCUT2D eigenvalue weighted by atomic mass is 10.2. The Hall–Kier alpha value is -3.59. The third-order valence-electron chi connectivity index (χ3n) is 4.88. The zero-order valence-corrected chi connectivity index (χ0v) is 18.1. The third kappa shape index (κ3) is 3.75. The van der Waals surface area contributed by atoms with Crippen molar-refractivity contribution in [3.63, 3.8) is 0 Å². The van der Waals surface area contributed by atoms with Crippen LogP contribution in [0.3, 0.4) is 0 Å². The summed E-state index contributed by atoms with van der Waals surface area (Å²) in [7, 11) is 2.75. The fourth-order valence-corrected chi connectivity index (χ4v) is 3.58. The van der Waals surface area contributed by atoms with Crippen molar-refractivity contribution in [3.05, 3.63) is 74.8 Å². The van der Waals surface area contributed by atoms with Crippen LogP contribution in [-0.2, 0) is 6.61 Å². The zero-order chi connectivity index (χ0) is 23.0. The van der Waals surface area contributed by atoms with Crippen LogP contribution in [0.4, 0.5) is 8.78 Å². The van der Waals surface area contributed by atoms with E-state index < -0.39 is 17.3 Å². The van der Waals surface area contributed by atoms with Gasteiger partial charge in [0, 0.05) is 18.3 Å². The van der Waals surface area contributed by atoms with Crippen molar-refractivity contribution in [1.82, 2.24) is 14.5 Å². The van der Waals surface area contributed by atoms with Gasteiger partial charge in [-0.2, -0.15) is 0 Å². The van der Waals surface area contributed by atoms with Crippen LogP contribution in [0.15, 0.2) is 41.3 Å². The van der Waals surface area contributed by atoms with Gasteiger partial charge in [0.15, 0.2) is 28.8 Å². The molecule has 0 bridgehead atoms. The predicted octanol–water partition coefficient (Wildman–Crippen LogP) is 4.55. The van der Waals surface area contributed by atoms with Crippen LogP contribution >= 0.6 is 11.6 Å². The largest absolute Gasteiger partial charge is 0.496 e. The number of aromatic nitrogens is 3. The lowest BCUT2D eigenvalue weighted by Crippen LogP contribution is -2.15. The van der Waals surface area contributed by atoms with Gasteiger partial charge in [-0.25, -0.2) is 23.1 Å². The van der Waals surface area contributed by atoms with Crippen molar-refractivity contribution in [1.29, 1.82) is 0 Å². The molecule has 32 heavy (non-hydrogen) atoms. The van der Waals surface area contributed by atoms with E-state index in [1.54, 1.807) is 12.3 Å². The summed E-state index contributed by atoms with van der Waals surface area (Å²) in [4.78, 5) is 19.7. The van der Waals surface area contributed by atoms with E-state index in [4.69, 9.17) is 25.8 Å². The molecule has 2 aromatic heterocycles. The Labute approximate surface area is 186 Å². The zero-order valence-electron chi connectivity index (χ0n) is 17.3. The molecule has 0 fully saturated rings. The number of hydrogen-bond acceptors (Lipinski definition) is 5. The van der Waals surface area contributed by atoms with E-state index in [2.05, 4.69) is 9.97 Å². The number of pyridine rings is 1. The molecule has 7 nitrogen and oxygen atoms in total. The molecule has 2 aromatic carbocycles. The van der Waals surface area contributed by atoms with Crippen LogP contribution in [0.25, 0.3) is 16.9 Å². The number of fused-ring (bicyclic) bond motifs is 1. The predicted molar refractivity (Wildman–Crippen MR) is 115 cm³/mol. The van der Waals surface area contributed by atoms with Gasteiger partial charge in [-0.1, -0.05) is 11.6 Å². The monoisotopic (exact) mass is 461 g/mol. The summed E-state index contributed by atoms with van der Waals surface area (Å²) in [6, 6.07) is 7.00. The maximum absolute atomic E-state index is 14.3. The molecule has 0 saturated heterocycles. The maximum atomic E-state index is 14.3. The Morgan fingerprint density at radius 2 is 1.84 bits per heavy atom. The molecule has 0 saturated carbocycles. The summed E-state index contributed by atoms with van der Waals surface area (Å²) < 4.78 is 45.5. The van der Waals surface area contributed by atoms with Crippen LogP contribution in [0, 0.1) is 18.6 Å². The first-order chi connectivity index (χ1) is 15.3. The number of hydrogen-bond donors (Lipinski definition) is 1. The third-order valence-corrected chi connectivity index (χ3v) is 5.18. The molecule has 10 heteroatoms. The normalized spacial score (nSPS) is 11.1. The topological polar surface area (TPSA) is 78.4 Å². The summed E-state index contributed by atoms with van der Waals surface area (Å²) in [5, 5.41) is 0.203. The summed E-state index contributed by atoms with van der Waals surface area (Å²) in [6.07, 6.45) is 1.62. The van der Waals surface area contributed by atoms with E-state index in [1.165, 1.54) is 37.0 Å². The van der Waals surface area contributed by atoms with E-state index in [0.717, 1.165) is 11.6 Å². The van der Waals surface area contributed by atoms with Gasteiger partial charge in [-0.15, -0.1) is 0 Å². The molecule has 0 atom stereocenters. The number of imidazole rings is 1. The van der Waals surface area contributed by atoms with E-state index in [0.29, 0.717) is 11.2 Å². The van der Waals surface area contributed by atoms with Gasteiger partial charge >= 0.3 is 5.69 Å². The van der Waals surface area contributed by atoms with Crippen molar-refractivity contribution >= 4 is 22.8 Å². The SMILES string of the molecule is COc1cc(Cl)c(-n2c(=O)[nH]c3cc(C)cnc32)cc1OCc1c(OC)ccc(F)c1F. The summed E-state index contributed by atoms with van der Waals surface area (Å²) in [6.45, 7) is 1.50. The Morgan fingerprint density at radius 3 is 2.56 bits per heavy atom. The van der Waals surface area contributed by atoms with E-state index in [9.17, 15) is 13.6 Å². The molecule has 2 heterocycles. The number of halogens is 3. The molecule has 4 aromatic rings. The summed E-state index contributed by atoms with van der Waals surface area (Å²) in [5.41, 5.74) is 1.51. The van der Waals surface area contributed by atoms with Gasteiger partial charge in [-0.3, -0.25) is 0 Å². The highest BCUT2D eigenvalue weighted by Crippen LogP contribution is 2.37. The Bertz CT molecular complexity index is 1380. The highest BCUT2D eigenvalue weighted by molar-refractivity contribution is 6.32. The second-order valence-corrected chi connectivity index (χ2v) is 7.34. The van der Waals surface area contributed by atoms with Crippen LogP contribution in [-0.4, -0.2) is 28.8 Å². The lowest BCUT2D eigenvalue weighted by Gasteiger charge is -2.16. The Balaban J connectivity index is 1.79. The Kier molecular flexibility index (Phi) is 5.75. The fourth-order valence-electron chi connectivity index (χ4n) is 3.34. The average Bonchev–Trinajstić information content (AvgIpc) is 3.09. The molecule has 0 aliphatic rings. The number of nitrogens with zero attached hydrogens (tertiary/aromatic N) is 2. The first-order valence-electron chi connectivity index (χ1n) is 9.43. The van der Waals surface area contributed by atoms with Crippen molar-refractivity contribution in [3.8, 4) is 22.9 Å². The van der Waals surface area contributed by atoms with Gasteiger partial charge in [0.25, 0.3) is 0 Å². The van der Waals surface area contributed by atoms with Gasteiger partial charge in [0.1, 0.15) is 12.4 Å². The van der Waals surface area contributed by atoms with Crippen molar-refractivity contribution < 1.29 is 23.0 Å². The number of methoxy groups -OCH3 is 2. The minimum Gasteiger partial charge on any atom is -0.496 e. The molecule has 0 radical (unpaired) electrons. The van der Waals surface area contributed by atoms with Crippen molar-refractivity contribution in [2.75, 3.05) is 14.2 Å². The molecule has 1 N–H and O–H groups in total. The number of rotatable bonds is 6. The second-order valence-electron chi connectivity index (χ2n) is 6.93. The van der Waals surface area contributed by atoms with Crippen molar-refractivity contribution in [2.24, 2.45) is 0 Å². The highest BCUT2D eigenvalue weighted by Gasteiger charge is 2.20. The van der Waals surface area contributed by atoms with Crippen LogP contribution in [0.1, 0.15) is 11.1 Å². The molecule has 0 spiro atoms. The minimum atomic E-state index is -1.08. The van der Waals surface area contributed by atoms with Gasteiger partial charge in [-0.05, 0) is 30.7 Å². The first-order valence-corrected chi connectivity index (χ1v) is 9.80. The number of aromatic amines is 1. The fraction of sp³-hybridized carbons (Fsp3) is 0.182. The van der Waals surface area contributed by atoms with Crippen molar-refractivity contribution in [2.45, 2.75) is 13.5 Å². The Morgan fingerprint density at radius 1 is 1.09 bits per heavy atom. The molecule has 4 rings (SSSR count). The minimum absolute atomic E-state index is 0.104. The molecular formula is C22H18ClF2N3O4. The van der Waals surface area contributed by atoms with Gasteiger partial charge in [0.05, 0.1) is 36.0 Å². The molecule has 0 aliphatic carbocycles. The molecule has 0 unspecified atom stereocenters. The molecule has 0 aliphatic heterocycles. The van der Waals surface area contributed by atoms with Crippen LogP contribution in [0.2, 0.25) is 5.02 Å². The lowest BCUT2D eigenvalue weighted by molar-refractivity contribution is 0.270. The smallest absolute Gasteiger partial charge is 0.332 e. The van der Waals surface area contributed by atoms with E-state index in [1.807, 2.05) is 6.92 Å².